The number of halogens is 1. The molecule has 386 valence electrons. The summed E-state index contributed by atoms with van der Waals surface area (Å²) in [5, 5.41) is 48.7. The number of Topliss-reactive ketones (excluding diaryl/α,β-unsaturated/α-hetero) is 1. The van der Waals surface area contributed by atoms with Gasteiger partial charge in [0.2, 0.25) is 11.8 Å². The zero-order chi connectivity index (χ0) is 51.8. The third-order valence-electron chi connectivity index (χ3n) is 12.8. The Hall–Kier alpha value is -4.32. The Kier molecular flexibility index (Phi) is 20.1. The SMILES string of the molecule is CCC(=O)NC1=C(C)[C@@H](OCC(CC)=NOCc2ccc(-c3nc(NC(=O)[C@H](C)N)cs3)cn2)[C@](C)(O)[C@@H](CC)OC(=O)[C@@](C)(F)C(=O)[C@H](C)[C@@H](O[C@@H]2O[C@H](C)C[C@H](N(C)C)[C@H]2O)[C@](C)(O)C[C@H]1C. The lowest BCUT2D eigenvalue weighted by Crippen LogP contribution is -2.60. The molecule has 0 aromatic carbocycles. The van der Waals surface area contributed by atoms with Crippen LogP contribution in [0.25, 0.3) is 10.6 Å². The Bertz CT molecular complexity index is 2150. The van der Waals surface area contributed by atoms with Crippen molar-refractivity contribution in [1.82, 2.24) is 20.2 Å². The number of aliphatic hydroxyl groups excluding tert-OH is 1. The number of amides is 2. The number of oxime groups is 1. The van der Waals surface area contributed by atoms with Crippen LogP contribution in [0.2, 0.25) is 0 Å². The molecule has 19 nitrogen and oxygen atoms in total. The largest absolute Gasteiger partial charge is 0.457 e. The number of allylic oxidation sites excluding steroid dienone is 1. The number of likely N-dealkylation sites (N-methyl/N-ethyl adjacent to an activating group) is 1. The van der Waals surface area contributed by atoms with E-state index in [1.54, 1.807) is 79.3 Å². The lowest BCUT2D eigenvalue weighted by Gasteiger charge is -2.46. The molecule has 13 atom stereocenters. The fourth-order valence-electron chi connectivity index (χ4n) is 8.76. The van der Waals surface area contributed by atoms with Crippen molar-refractivity contribution in [2.75, 3.05) is 26.0 Å². The Morgan fingerprint density at radius 1 is 1.10 bits per heavy atom. The minimum atomic E-state index is -3.30. The van der Waals surface area contributed by atoms with Crippen molar-refractivity contribution in [3.63, 3.8) is 0 Å². The third kappa shape index (κ3) is 14.2. The highest BCUT2D eigenvalue weighted by atomic mass is 32.1. The van der Waals surface area contributed by atoms with E-state index in [2.05, 4.69) is 25.8 Å². The normalized spacial score (nSPS) is 32.6. The molecule has 7 N–H and O–H groups in total. The highest BCUT2D eigenvalue weighted by Crippen LogP contribution is 2.39. The van der Waals surface area contributed by atoms with E-state index in [9.17, 15) is 34.5 Å². The topological polar surface area (TPSA) is 267 Å². The van der Waals surface area contributed by atoms with Crippen molar-refractivity contribution in [2.24, 2.45) is 22.7 Å². The summed E-state index contributed by atoms with van der Waals surface area (Å²) in [5.74, 6) is -5.52. The number of cyclic esters (lactones) is 1. The molecule has 2 amide bonds. The van der Waals surface area contributed by atoms with E-state index in [1.807, 2.05) is 11.8 Å². The fourth-order valence-corrected chi connectivity index (χ4v) is 9.50. The number of aromatic nitrogens is 2. The summed E-state index contributed by atoms with van der Waals surface area (Å²) in [5.41, 5.74) is 0.387. The lowest BCUT2D eigenvalue weighted by atomic mass is 9.76. The van der Waals surface area contributed by atoms with Gasteiger partial charge in [-0.2, -0.15) is 0 Å². The summed E-state index contributed by atoms with van der Waals surface area (Å²) >= 11 is 1.33. The maximum absolute atomic E-state index is 16.9. The van der Waals surface area contributed by atoms with Crippen LogP contribution in [0.5, 0.6) is 0 Å². The molecule has 0 spiro atoms. The monoisotopic (exact) mass is 992 g/mol. The van der Waals surface area contributed by atoms with E-state index in [0.717, 1.165) is 6.92 Å². The van der Waals surface area contributed by atoms with Gasteiger partial charge in [-0.1, -0.05) is 39.8 Å². The Morgan fingerprint density at radius 2 is 1.78 bits per heavy atom. The van der Waals surface area contributed by atoms with Crippen LogP contribution < -0.4 is 16.4 Å². The van der Waals surface area contributed by atoms with E-state index in [1.165, 1.54) is 32.1 Å². The predicted molar refractivity (Wildman–Crippen MR) is 257 cm³/mol. The quantitative estimate of drug-likeness (QED) is 0.0582. The molecule has 4 heterocycles. The van der Waals surface area contributed by atoms with Gasteiger partial charge in [0, 0.05) is 41.2 Å². The van der Waals surface area contributed by atoms with Crippen LogP contribution in [-0.4, -0.2) is 146 Å². The number of aliphatic hydroxyl groups is 3. The number of pyridine rings is 1. The number of ketones is 1. The van der Waals surface area contributed by atoms with Gasteiger partial charge in [0.05, 0.1) is 41.9 Å². The van der Waals surface area contributed by atoms with E-state index in [-0.39, 0.29) is 44.1 Å². The molecule has 1 fully saturated rings. The molecule has 2 aliphatic rings. The van der Waals surface area contributed by atoms with Gasteiger partial charge in [-0.05, 0) is 105 Å². The minimum absolute atomic E-state index is 0.0267. The Morgan fingerprint density at radius 3 is 2.36 bits per heavy atom. The summed E-state index contributed by atoms with van der Waals surface area (Å²) in [4.78, 5) is 69.8. The van der Waals surface area contributed by atoms with Crippen LogP contribution >= 0.6 is 11.3 Å². The van der Waals surface area contributed by atoms with Crippen molar-refractivity contribution in [3.8, 4) is 10.6 Å². The van der Waals surface area contributed by atoms with Crippen molar-refractivity contribution in [2.45, 2.75) is 181 Å². The average molecular weight is 992 g/mol. The van der Waals surface area contributed by atoms with E-state index < -0.39 is 95.3 Å². The number of nitrogens with two attached hydrogens (primary N) is 1. The second kappa shape index (κ2) is 24.2. The third-order valence-corrected chi connectivity index (χ3v) is 13.7. The molecule has 0 aliphatic carbocycles. The number of anilines is 1. The molecule has 1 saturated heterocycles. The number of carbonyl (C=O) groups excluding carboxylic acids is 4. The first kappa shape index (κ1) is 57.3. The van der Waals surface area contributed by atoms with Crippen LogP contribution in [-0.2, 0) is 49.6 Å². The highest BCUT2D eigenvalue weighted by Gasteiger charge is 2.55. The summed E-state index contributed by atoms with van der Waals surface area (Å²) in [6, 6.07) is 2.42. The number of carbonyl (C=O) groups is 4. The van der Waals surface area contributed by atoms with E-state index >= 15 is 4.39 Å². The van der Waals surface area contributed by atoms with E-state index in [0.29, 0.717) is 46.2 Å². The van der Waals surface area contributed by atoms with Crippen molar-refractivity contribution in [1.29, 1.82) is 0 Å². The maximum Gasteiger partial charge on any atom is 0.351 e. The molecular formula is C48H74FN7O12S. The number of rotatable bonds is 16. The number of nitrogens with zero attached hydrogens (tertiary/aromatic N) is 4. The van der Waals surface area contributed by atoms with Crippen molar-refractivity contribution < 1.29 is 62.7 Å². The Labute approximate surface area is 408 Å². The second-order valence-electron chi connectivity index (χ2n) is 19.1. The number of ether oxygens (including phenoxy) is 4. The molecule has 69 heavy (non-hydrogen) atoms. The number of alkyl halides is 1. The first-order chi connectivity index (χ1) is 32.2. The molecule has 21 heteroatoms. The van der Waals surface area contributed by atoms with Crippen molar-refractivity contribution >= 4 is 46.4 Å². The number of thiazole rings is 1. The number of hydrogen-bond donors (Lipinski definition) is 6. The Balaban J connectivity index is 1.70. The number of nitrogens with one attached hydrogen (secondary N) is 2. The first-order valence-electron chi connectivity index (χ1n) is 23.5. The summed E-state index contributed by atoms with van der Waals surface area (Å²) in [7, 11) is 3.57. The first-order valence-corrected chi connectivity index (χ1v) is 24.4. The minimum Gasteiger partial charge on any atom is -0.457 e. The van der Waals surface area contributed by atoms with Crippen LogP contribution in [0, 0.1) is 11.8 Å². The van der Waals surface area contributed by atoms with Gasteiger partial charge in [-0.15, -0.1) is 11.3 Å². The molecular weight excluding hydrogens is 918 g/mol. The smallest absolute Gasteiger partial charge is 0.351 e. The van der Waals surface area contributed by atoms with Crippen LogP contribution in [0.15, 0.2) is 40.1 Å². The van der Waals surface area contributed by atoms with Gasteiger partial charge in [-0.3, -0.25) is 19.4 Å². The molecule has 0 saturated carbocycles. The average Bonchev–Trinajstić information content (AvgIpc) is 3.76. The summed E-state index contributed by atoms with van der Waals surface area (Å²) in [6.45, 7) is 16.4. The zero-order valence-electron chi connectivity index (χ0n) is 42.2. The fraction of sp³-hybridized carbons (Fsp3) is 0.688. The maximum atomic E-state index is 16.9. The van der Waals surface area contributed by atoms with Crippen LogP contribution in [0.3, 0.4) is 0 Å². The number of esters is 1. The standard InChI is InChI=1S/C48H74FN7O12S/c1-14-31(55-65-23-32-18-17-30(21-51-32)43-53-35(24-69-43)52-42(60)29(8)50)22-64-41-27(6)37(54-36(57)16-3)25(4)20-46(9,62)40(68-44-38(58)33(56(12)13)19-26(5)66-44)28(7)39(59)47(10,49)45(61)67-34(15-2)48(41,11)63/h17-18,21,24-26,28-29,33-34,38,40-41,44,58,62-63H,14-16,19-20,22-23,50H2,1-13H3,(H,52,60)(H,54,57)/t25-,26-,28+,29+,33+,34-,38-,40-,41-,44+,46-,47+,48-/m1/s1. The zero-order valence-corrected chi connectivity index (χ0v) is 43.0. The molecule has 0 radical (unpaired) electrons. The van der Waals surface area contributed by atoms with Gasteiger partial charge in [-0.25, -0.2) is 14.2 Å². The van der Waals surface area contributed by atoms with Crippen molar-refractivity contribution in [3.05, 3.63) is 40.7 Å². The van der Waals surface area contributed by atoms with Gasteiger partial charge in [0.1, 0.15) is 34.7 Å². The lowest BCUT2D eigenvalue weighted by molar-refractivity contribution is -0.293. The molecule has 0 unspecified atom stereocenters. The second-order valence-corrected chi connectivity index (χ2v) is 20.0. The summed E-state index contributed by atoms with van der Waals surface area (Å²) in [6.07, 6.45) is -5.26. The van der Waals surface area contributed by atoms with Gasteiger partial charge < -0.3 is 60.4 Å². The molecule has 2 aromatic heterocycles. The number of hydrogen-bond acceptors (Lipinski definition) is 18. The highest BCUT2D eigenvalue weighted by molar-refractivity contribution is 7.13. The predicted octanol–water partition coefficient (Wildman–Crippen LogP) is 4.57. The van der Waals surface area contributed by atoms with Crippen LogP contribution in [0.1, 0.15) is 114 Å². The molecule has 4 rings (SSSR count). The van der Waals surface area contributed by atoms with Gasteiger partial charge in [0.15, 0.2) is 18.7 Å². The molecule has 0 bridgehead atoms. The summed E-state index contributed by atoms with van der Waals surface area (Å²) < 4.78 is 41.5. The van der Waals surface area contributed by atoms with Gasteiger partial charge >= 0.3 is 5.97 Å². The molecule has 2 aliphatic heterocycles. The van der Waals surface area contributed by atoms with Crippen LogP contribution in [0.4, 0.5) is 10.2 Å². The van der Waals surface area contributed by atoms with E-state index in [4.69, 9.17) is 29.5 Å². The van der Waals surface area contributed by atoms with Gasteiger partial charge in [0.25, 0.3) is 5.67 Å². The molecule has 2 aromatic rings.